The summed E-state index contributed by atoms with van der Waals surface area (Å²) in [5.74, 6) is 0.756. The van der Waals surface area contributed by atoms with Gasteiger partial charge in [0.15, 0.2) is 0 Å². The SMILES string of the molecule is C=C(c1ccccc1)[C@H]1C[C@@H]1c1cccc(F)c1. The zero-order valence-corrected chi connectivity index (χ0v) is 10.1. The Bertz CT molecular complexity index is 571. The number of benzene rings is 2. The summed E-state index contributed by atoms with van der Waals surface area (Å²) in [6, 6.07) is 17.2. The van der Waals surface area contributed by atoms with Crippen molar-refractivity contribution in [3.63, 3.8) is 0 Å². The third-order valence-corrected chi connectivity index (χ3v) is 3.66. The Morgan fingerprint density at radius 3 is 2.56 bits per heavy atom. The highest BCUT2D eigenvalue weighted by molar-refractivity contribution is 5.69. The lowest BCUT2D eigenvalue weighted by Crippen LogP contribution is -1.89. The predicted molar refractivity (Wildman–Crippen MR) is 72.7 cm³/mol. The Morgan fingerprint density at radius 2 is 1.83 bits per heavy atom. The van der Waals surface area contributed by atoms with E-state index in [0.717, 1.165) is 12.0 Å². The summed E-state index contributed by atoms with van der Waals surface area (Å²) in [5.41, 5.74) is 3.46. The van der Waals surface area contributed by atoms with E-state index in [4.69, 9.17) is 0 Å². The van der Waals surface area contributed by atoms with Gasteiger partial charge in [-0.2, -0.15) is 0 Å². The second-order valence-electron chi connectivity index (χ2n) is 4.89. The van der Waals surface area contributed by atoms with Crippen molar-refractivity contribution in [2.75, 3.05) is 0 Å². The zero-order valence-electron chi connectivity index (χ0n) is 10.1. The minimum absolute atomic E-state index is 0.150. The van der Waals surface area contributed by atoms with E-state index in [1.165, 1.54) is 17.2 Å². The molecule has 0 nitrogen and oxygen atoms in total. The van der Waals surface area contributed by atoms with Crippen molar-refractivity contribution >= 4 is 5.57 Å². The topological polar surface area (TPSA) is 0 Å². The second-order valence-corrected chi connectivity index (χ2v) is 4.89. The first-order chi connectivity index (χ1) is 8.75. The average molecular weight is 238 g/mol. The molecule has 2 aromatic rings. The van der Waals surface area contributed by atoms with Gasteiger partial charge >= 0.3 is 0 Å². The zero-order chi connectivity index (χ0) is 12.5. The van der Waals surface area contributed by atoms with Crippen molar-refractivity contribution in [1.29, 1.82) is 0 Å². The number of allylic oxidation sites excluding steroid dienone is 1. The van der Waals surface area contributed by atoms with E-state index in [9.17, 15) is 4.39 Å². The average Bonchev–Trinajstić information content (AvgIpc) is 3.19. The van der Waals surface area contributed by atoms with Gasteiger partial charge in [-0.1, -0.05) is 49.0 Å². The molecular weight excluding hydrogens is 223 g/mol. The summed E-state index contributed by atoms with van der Waals surface area (Å²) in [7, 11) is 0. The van der Waals surface area contributed by atoms with Crippen LogP contribution in [0.1, 0.15) is 23.5 Å². The fourth-order valence-electron chi connectivity index (χ4n) is 2.55. The molecule has 3 rings (SSSR count). The molecule has 1 heteroatoms. The lowest BCUT2D eigenvalue weighted by Gasteiger charge is -2.05. The van der Waals surface area contributed by atoms with Crippen LogP contribution < -0.4 is 0 Å². The van der Waals surface area contributed by atoms with Gasteiger partial charge in [-0.15, -0.1) is 0 Å². The molecule has 2 atom stereocenters. The van der Waals surface area contributed by atoms with Crippen molar-refractivity contribution < 1.29 is 4.39 Å². The fraction of sp³-hybridized carbons (Fsp3) is 0.176. The molecular formula is C17H15F. The lowest BCUT2D eigenvalue weighted by atomic mass is 10.00. The Hall–Kier alpha value is -1.89. The van der Waals surface area contributed by atoms with E-state index in [0.29, 0.717) is 11.8 Å². The van der Waals surface area contributed by atoms with Crippen LogP contribution >= 0.6 is 0 Å². The van der Waals surface area contributed by atoms with E-state index >= 15 is 0 Å². The first-order valence-corrected chi connectivity index (χ1v) is 6.25. The van der Waals surface area contributed by atoms with Crippen LogP contribution in [-0.2, 0) is 0 Å². The minimum Gasteiger partial charge on any atom is -0.207 e. The standard InChI is InChI=1S/C17H15F/c1-12(13-6-3-2-4-7-13)16-11-17(16)14-8-5-9-15(18)10-14/h2-10,16-17H,1,11H2/t16-,17-/m1/s1. The molecule has 0 unspecified atom stereocenters. The molecule has 2 aromatic carbocycles. The summed E-state index contributed by atoms with van der Waals surface area (Å²) < 4.78 is 13.2. The van der Waals surface area contributed by atoms with Gasteiger partial charge < -0.3 is 0 Å². The molecule has 18 heavy (non-hydrogen) atoms. The van der Waals surface area contributed by atoms with Crippen molar-refractivity contribution in [3.05, 3.63) is 78.1 Å². The van der Waals surface area contributed by atoms with Crippen LogP contribution in [0.2, 0.25) is 0 Å². The molecule has 1 saturated carbocycles. The van der Waals surface area contributed by atoms with E-state index in [2.05, 4.69) is 18.7 Å². The monoisotopic (exact) mass is 238 g/mol. The summed E-state index contributed by atoms with van der Waals surface area (Å²) in [5, 5.41) is 0. The molecule has 0 heterocycles. The summed E-state index contributed by atoms with van der Waals surface area (Å²) in [4.78, 5) is 0. The number of hydrogen-bond donors (Lipinski definition) is 0. The Balaban J connectivity index is 1.77. The molecule has 0 N–H and O–H groups in total. The van der Waals surface area contributed by atoms with Gasteiger partial charge in [0.2, 0.25) is 0 Å². The summed E-state index contributed by atoms with van der Waals surface area (Å²) >= 11 is 0. The van der Waals surface area contributed by atoms with E-state index in [1.807, 2.05) is 24.3 Å². The van der Waals surface area contributed by atoms with E-state index in [-0.39, 0.29) is 5.82 Å². The Morgan fingerprint density at radius 1 is 1.06 bits per heavy atom. The number of halogens is 1. The molecule has 1 fully saturated rings. The Kier molecular flexibility index (Phi) is 2.75. The van der Waals surface area contributed by atoms with Gasteiger partial charge in [-0.25, -0.2) is 4.39 Å². The van der Waals surface area contributed by atoms with Gasteiger partial charge in [0.25, 0.3) is 0 Å². The molecule has 0 aliphatic heterocycles. The molecule has 1 aliphatic rings. The van der Waals surface area contributed by atoms with Crippen molar-refractivity contribution in [2.24, 2.45) is 5.92 Å². The van der Waals surface area contributed by atoms with Gasteiger partial charge in [-0.3, -0.25) is 0 Å². The van der Waals surface area contributed by atoms with Gasteiger partial charge in [0.1, 0.15) is 5.82 Å². The van der Waals surface area contributed by atoms with E-state index < -0.39 is 0 Å². The fourth-order valence-corrected chi connectivity index (χ4v) is 2.55. The first kappa shape index (κ1) is 11.2. The van der Waals surface area contributed by atoms with Crippen LogP contribution in [-0.4, -0.2) is 0 Å². The van der Waals surface area contributed by atoms with Crippen LogP contribution in [0.25, 0.3) is 5.57 Å². The Labute approximate surface area is 107 Å². The van der Waals surface area contributed by atoms with Gasteiger partial charge in [0.05, 0.1) is 0 Å². The lowest BCUT2D eigenvalue weighted by molar-refractivity contribution is 0.625. The maximum atomic E-state index is 13.2. The second kappa shape index (κ2) is 4.41. The summed E-state index contributed by atoms with van der Waals surface area (Å²) in [6.07, 6.45) is 1.08. The maximum absolute atomic E-state index is 13.2. The molecule has 1 aliphatic carbocycles. The quantitative estimate of drug-likeness (QED) is 0.730. The highest BCUT2D eigenvalue weighted by Crippen LogP contribution is 2.54. The molecule has 0 spiro atoms. The van der Waals surface area contributed by atoms with Crippen LogP contribution in [0.15, 0.2) is 61.2 Å². The van der Waals surface area contributed by atoms with Gasteiger partial charge in [-0.05, 0) is 47.1 Å². The van der Waals surface area contributed by atoms with Crippen molar-refractivity contribution in [1.82, 2.24) is 0 Å². The third-order valence-electron chi connectivity index (χ3n) is 3.66. The number of rotatable bonds is 3. The van der Waals surface area contributed by atoms with Crippen LogP contribution in [0, 0.1) is 11.7 Å². The minimum atomic E-state index is -0.150. The number of hydrogen-bond acceptors (Lipinski definition) is 0. The normalized spacial score (nSPS) is 21.6. The van der Waals surface area contributed by atoms with Crippen molar-refractivity contribution in [3.8, 4) is 0 Å². The molecule has 0 aromatic heterocycles. The summed E-state index contributed by atoms with van der Waals surface area (Å²) in [6.45, 7) is 4.19. The molecule has 0 saturated heterocycles. The molecule has 0 bridgehead atoms. The first-order valence-electron chi connectivity index (χ1n) is 6.25. The van der Waals surface area contributed by atoms with Crippen LogP contribution in [0.4, 0.5) is 4.39 Å². The largest absolute Gasteiger partial charge is 0.207 e. The molecule has 0 amide bonds. The smallest absolute Gasteiger partial charge is 0.123 e. The maximum Gasteiger partial charge on any atom is 0.123 e. The highest BCUT2D eigenvalue weighted by atomic mass is 19.1. The predicted octanol–water partition coefficient (Wildman–Crippen LogP) is 4.64. The third kappa shape index (κ3) is 2.08. The van der Waals surface area contributed by atoms with Crippen molar-refractivity contribution in [2.45, 2.75) is 12.3 Å². The van der Waals surface area contributed by atoms with Gasteiger partial charge in [0, 0.05) is 0 Å². The van der Waals surface area contributed by atoms with E-state index in [1.54, 1.807) is 12.1 Å². The van der Waals surface area contributed by atoms with Crippen LogP contribution in [0.5, 0.6) is 0 Å². The molecule has 90 valence electrons. The molecule has 0 radical (unpaired) electrons. The van der Waals surface area contributed by atoms with Crippen LogP contribution in [0.3, 0.4) is 0 Å². The highest BCUT2D eigenvalue weighted by Gasteiger charge is 2.40.